The van der Waals surface area contributed by atoms with Gasteiger partial charge in [0, 0.05) is 37.6 Å². The molecule has 0 aliphatic heterocycles. The maximum atomic E-state index is 12.3. The van der Waals surface area contributed by atoms with Crippen LogP contribution in [0.2, 0.25) is 0 Å². The normalized spacial score (nSPS) is 10.3. The van der Waals surface area contributed by atoms with Crippen LogP contribution in [-0.2, 0) is 16.0 Å². The van der Waals surface area contributed by atoms with Crippen LogP contribution in [0.5, 0.6) is 0 Å². The van der Waals surface area contributed by atoms with E-state index in [9.17, 15) is 14.4 Å². The van der Waals surface area contributed by atoms with Crippen LogP contribution in [0.15, 0.2) is 71.3 Å². The molecule has 2 aromatic carbocycles. The van der Waals surface area contributed by atoms with Crippen LogP contribution >= 0.6 is 0 Å². The van der Waals surface area contributed by atoms with Gasteiger partial charge in [0.15, 0.2) is 5.76 Å². The highest BCUT2D eigenvalue weighted by Crippen LogP contribution is 2.17. The van der Waals surface area contributed by atoms with Crippen molar-refractivity contribution in [1.29, 1.82) is 0 Å². The topological polar surface area (TPSA) is 104 Å². The second-order valence-corrected chi connectivity index (χ2v) is 7.40. The number of benzene rings is 2. The molecule has 166 valence electrons. The summed E-state index contributed by atoms with van der Waals surface area (Å²) in [6, 6.07) is 17.7. The molecule has 3 rings (SSSR count). The van der Waals surface area contributed by atoms with Crippen LogP contribution in [0, 0.1) is 0 Å². The molecule has 0 radical (unpaired) electrons. The summed E-state index contributed by atoms with van der Waals surface area (Å²) in [4.78, 5) is 37.6. The molecule has 3 N–H and O–H groups in total. The largest absolute Gasteiger partial charge is 0.459 e. The Morgan fingerprint density at radius 2 is 1.59 bits per heavy atom. The van der Waals surface area contributed by atoms with Gasteiger partial charge < -0.3 is 25.3 Å². The molecule has 3 amide bonds. The smallest absolute Gasteiger partial charge is 0.291 e. The fraction of sp³-hybridized carbons (Fsp3) is 0.208. The highest BCUT2D eigenvalue weighted by Gasteiger charge is 2.10. The van der Waals surface area contributed by atoms with Crippen LogP contribution in [0.4, 0.5) is 17.1 Å². The zero-order valence-electron chi connectivity index (χ0n) is 18.1. The average Bonchev–Trinajstić information content (AvgIpc) is 3.32. The molecule has 0 spiro atoms. The fourth-order valence-electron chi connectivity index (χ4n) is 2.93. The van der Waals surface area contributed by atoms with Crippen molar-refractivity contribution in [3.63, 3.8) is 0 Å². The second kappa shape index (κ2) is 10.8. The summed E-state index contributed by atoms with van der Waals surface area (Å²) < 4.78 is 5.07. The molecule has 0 bridgehead atoms. The molecule has 0 fully saturated rings. The van der Waals surface area contributed by atoms with Gasteiger partial charge in [-0.15, -0.1) is 0 Å². The Kier molecular flexibility index (Phi) is 7.64. The third kappa shape index (κ3) is 6.73. The number of amides is 3. The van der Waals surface area contributed by atoms with E-state index in [1.54, 1.807) is 55.4 Å². The van der Waals surface area contributed by atoms with E-state index in [0.29, 0.717) is 24.2 Å². The highest BCUT2D eigenvalue weighted by atomic mass is 16.3. The lowest BCUT2D eigenvalue weighted by Gasteiger charge is -2.11. The van der Waals surface area contributed by atoms with Gasteiger partial charge in [0.05, 0.1) is 12.8 Å². The van der Waals surface area contributed by atoms with Gasteiger partial charge in [-0.2, -0.15) is 0 Å². The molecule has 0 saturated carbocycles. The summed E-state index contributed by atoms with van der Waals surface area (Å²) in [5, 5.41) is 8.59. The minimum Gasteiger partial charge on any atom is -0.459 e. The number of hydrogen-bond acceptors (Lipinski definition) is 5. The predicted molar refractivity (Wildman–Crippen MR) is 124 cm³/mol. The monoisotopic (exact) mass is 434 g/mol. The molecular weight excluding hydrogens is 408 g/mol. The van der Waals surface area contributed by atoms with Crippen molar-refractivity contribution in [3.8, 4) is 0 Å². The van der Waals surface area contributed by atoms with Crippen molar-refractivity contribution in [3.05, 3.63) is 78.3 Å². The highest BCUT2D eigenvalue weighted by molar-refractivity contribution is 6.02. The summed E-state index contributed by atoms with van der Waals surface area (Å²) in [5.41, 5.74) is 2.97. The summed E-state index contributed by atoms with van der Waals surface area (Å²) in [6.45, 7) is 0.0848. The van der Waals surface area contributed by atoms with Crippen molar-refractivity contribution < 1.29 is 18.8 Å². The summed E-state index contributed by atoms with van der Waals surface area (Å²) in [7, 11) is 3.49. The van der Waals surface area contributed by atoms with Gasteiger partial charge in [-0.25, -0.2) is 0 Å². The Morgan fingerprint density at radius 1 is 0.875 bits per heavy atom. The standard InChI is InChI=1S/C24H26N4O4/c1-28(2)23(30)13-10-17-8-11-18(12-9-17)25-16-22(29)26-19-5-3-6-20(15-19)27-24(31)21-7-4-14-32-21/h3-9,11-12,14-15,25H,10,13,16H2,1-2H3,(H,26,29)(H,27,31). The average molecular weight is 434 g/mol. The Bertz CT molecular complexity index is 1060. The molecule has 0 saturated heterocycles. The Labute approximate surface area is 186 Å². The maximum absolute atomic E-state index is 12.3. The molecular formula is C24H26N4O4. The number of nitrogens with one attached hydrogen (secondary N) is 3. The Balaban J connectivity index is 1.46. The molecule has 0 aliphatic carbocycles. The Hall–Kier alpha value is -4.07. The Morgan fingerprint density at radius 3 is 2.25 bits per heavy atom. The third-order valence-corrected chi connectivity index (χ3v) is 4.68. The van der Waals surface area contributed by atoms with Crippen molar-refractivity contribution >= 4 is 34.8 Å². The molecule has 0 atom stereocenters. The predicted octanol–water partition coefficient (Wildman–Crippen LogP) is 3.60. The first-order chi connectivity index (χ1) is 15.4. The number of hydrogen-bond donors (Lipinski definition) is 3. The van der Waals surface area contributed by atoms with Crippen LogP contribution in [0.1, 0.15) is 22.5 Å². The van der Waals surface area contributed by atoms with E-state index in [1.807, 2.05) is 24.3 Å². The first-order valence-electron chi connectivity index (χ1n) is 10.2. The maximum Gasteiger partial charge on any atom is 0.291 e. The number of carbonyl (C=O) groups is 3. The summed E-state index contributed by atoms with van der Waals surface area (Å²) in [6.07, 6.45) is 2.56. The number of anilines is 3. The van der Waals surface area contributed by atoms with Crippen molar-refractivity contribution in [1.82, 2.24) is 4.90 Å². The van der Waals surface area contributed by atoms with Gasteiger partial charge in [0.2, 0.25) is 11.8 Å². The van der Waals surface area contributed by atoms with E-state index < -0.39 is 0 Å². The lowest BCUT2D eigenvalue weighted by Crippen LogP contribution is -2.22. The summed E-state index contributed by atoms with van der Waals surface area (Å²) >= 11 is 0. The number of aryl methyl sites for hydroxylation is 1. The SMILES string of the molecule is CN(C)C(=O)CCc1ccc(NCC(=O)Nc2cccc(NC(=O)c3ccco3)c2)cc1. The van der Waals surface area contributed by atoms with Crippen LogP contribution < -0.4 is 16.0 Å². The second-order valence-electron chi connectivity index (χ2n) is 7.40. The number of furan rings is 1. The number of carbonyl (C=O) groups excluding carboxylic acids is 3. The molecule has 3 aromatic rings. The van der Waals surface area contributed by atoms with Crippen molar-refractivity contribution in [2.75, 3.05) is 36.6 Å². The third-order valence-electron chi connectivity index (χ3n) is 4.68. The molecule has 1 heterocycles. The minimum atomic E-state index is -0.366. The quantitative estimate of drug-likeness (QED) is 0.477. The molecule has 1 aromatic heterocycles. The number of nitrogens with zero attached hydrogens (tertiary/aromatic N) is 1. The number of rotatable bonds is 9. The van der Waals surface area contributed by atoms with Crippen LogP contribution in [0.3, 0.4) is 0 Å². The zero-order valence-corrected chi connectivity index (χ0v) is 18.1. The molecule has 0 unspecified atom stereocenters. The fourth-order valence-corrected chi connectivity index (χ4v) is 2.93. The van der Waals surface area contributed by atoms with Gasteiger partial charge >= 0.3 is 0 Å². The summed E-state index contributed by atoms with van der Waals surface area (Å²) in [5.74, 6) is -0.290. The minimum absolute atomic E-state index is 0.0848. The van der Waals surface area contributed by atoms with Gasteiger partial charge in [0.1, 0.15) is 0 Å². The van der Waals surface area contributed by atoms with E-state index in [2.05, 4.69) is 16.0 Å². The lowest BCUT2D eigenvalue weighted by atomic mass is 10.1. The first-order valence-corrected chi connectivity index (χ1v) is 10.2. The molecule has 8 heteroatoms. The van der Waals surface area contributed by atoms with Crippen molar-refractivity contribution in [2.24, 2.45) is 0 Å². The van der Waals surface area contributed by atoms with E-state index in [1.165, 1.54) is 6.26 Å². The van der Waals surface area contributed by atoms with E-state index >= 15 is 0 Å². The van der Waals surface area contributed by atoms with Gasteiger partial charge in [-0.1, -0.05) is 18.2 Å². The molecule has 0 aliphatic rings. The van der Waals surface area contributed by atoms with Gasteiger partial charge in [-0.05, 0) is 54.4 Å². The molecule has 32 heavy (non-hydrogen) atoms. The van der Waals surface area contributed by atoms with E-state index in [0.717, 1.165) is 11.3 Å². The lowest BCUT2D eigenvalue weighted by molar-refractivity contribution is -0.128. The van der Waals surface area contributed by atoms with E-state index in [4.69, 9.17) is 4.42 Å². The van der Waals surface area contributed by atoms with Crippen molar-refractivity contribution in [2.45, 2.75) is 12.8 Å². The molecule has 8 nitrogen and oxygen atoms in total. The van der Waals surface area contributed by atoms with Crippen LogP contribution in [-0.4, -0.2) is 43.3 Å². The van der Waals surface area contributed by atoms with Gasteiger partial charge in [0.25, 0.3) is 5.91 Å². The zero-order chi connectivity index (χ0) is 22.9. The van der Waals surface area contributed by atoms with Crippen LogP contribution in [0.25, 0.3) is 0 Å². The first kappa shape index (κ1) is 22.6. The van der Waals surface area contributed by atoms with Gasteiger partial charge in [-0.3, -0.25) is 14.4 Å². The van der Waals surface area contributed by atoms with E-state index in [-0.39, 0.29) is 30.0 Å².